The first-order valence-corrected chi connectivity index (χ1v) is 13.9. The number of aryl methyl sites for hydroxylation is 2. The predicted octanol–water partition coefficient (Wildman–Crippen LogP) is 6.50. The van der Waals surface area contributed by atoms with Gasteiger partial charge in [0.15, 0.2) is 5.82 Å². The maximum atomic E-state index is 16.0. The van der Waals surface area contributed by atoms with Gasteiger partial charge in [0.2, 0.25) is 0 Å². The molecule has 13 heteroatoms. The second-order valence-electron chi connectivity index (χ2n) is 10.4. The number of hydrogen-bond acceptors (Lipinski definition) is 7. The number of ether oxygens (including phenoxy) is 1. The van der Waals surface area contributed by atoms with Crippen LogP contribution in [0.2, 0.25) is 0 Å². The molecule has 5 N–H and O–H groups in total. The molecule has 0 aliphatic heterocycles. The molecule has 5 rings (SSSR count). The minimum absolute atomic E-state index is 0.0825. The Kier molecular flexibility index (Phi) is 9.60. The minimum Gasteiger partial charge on any atom is -0.491 e. The van der Waals surface area contributed by atoms with Crippen LogP contribution in [0, 0.1) is 5.82 Å². The van der Waals surface area contributed by atoms with E-state index in [0.717, 1.165) is 21.9 Å². The summed E-state index contributed by atoms with van der Waals surface area (Å²) in [5.74, 6) is -1.91. The van der Waals surface area contributed by atoms with E-state index in [0.29, 0.717) is 46.6 Å². The van der Waals surface area contributed by atoms with Crippen LogP contribution in [0.4, 0.5) is 29.1 Å². The molecule has 0 bridgehead atoms. The molecular formula is C32H32F4N6O3. The van der Waals surface area contributed by atoms with Crippen LogP contribution < -0.4 is 16.2 Å². The number of anilines is 2. The van der Waals surface area contributed by atoms with E-state index in [-0.39, 0.29) is 6.10 Å². The van der Waals surface area contributed by atoms with Gasteiger partial charge in [-0.2, -0.15) is 18.3 Å². The molecule has 236 valence electrons. The molecule has 0 fully saturated rings. The third-order valence-corrected chi connectivity index (χ3v) is 6.76. The van der Waals surface area contributed by atoms with E-state index in [1.165, 1.54) is 6.07 Å². The number of aromatic nitrogens is 4. The maximum Gasteiger partial charge on any atom is 0.490 e. The first-order valence-electron chi connectivity index (χ1n) is 13.9. The van der Waals surface area contributed by atoms with E-state index in [4.69, 9.17) is 36.1 Å². The Hall–Kier alpha value is -5.20. The Labute approximate surface area is 256 Å². The molecule has 9 nitrogen and oxygen atoms in total. The van der Waals surface area contributed by atoms with Gasteiger partial charge in [0.25, 0.3) is 0 Å². The van der Waals surface area contributed by atoms with E-state index in [1.54, 1.807) is 17.8 Å². The van der Waals surface area contributed by atoms with Gasteiger partial charge in [-0.15, -0.1) is 0 Å². The number of carboxylic acids is 1. The van der Waals surface area contributed by atoms with Gasteiger partial charge in [0.1, 0.15) is 23.2 Å². The zero-order valence-electron chi connectivity index (χ0n) is 24.9. The molecule has 0 saturated heterocycles. The van der Waals surface area contributed by atoms with Gasteiger partial charge in [-0.05, 0) is 61.5 Å². The summed E-state index contributed by atoms with van der Waals surface area (Å²) in [7, 11) is 1.80. The zero-order chi connectivity index (χ0) is 33.1. The first-order chi connectivity index (χ1) is 21.2. The van der Waals surface area contributed by atoms with Gasteiger partial charge < -0.3 is 21.3 Å². The van der Waals surface area contributed by atoms with Crippen LogP contribution in [0.25, 0.3) is 22.2 Å². The van der Waals surface area contributed by atoms with Crippen molar-refractivity contribution in [3.63, 3.8) is 0 Å². The number of alkyl halides is 3. The van der Waals surface area contributed by atoms with Crippen molar-refractivity contribution in [3.8, 4) is 17.1 Å². The number of halogens is 4. The van der Waals surface area contributed by atoms with Crippen molar-refractivity contribution in [2.75, 3.05) is 11.5 Å². The van der Waals surface area contributed by atoms with Crippen LogP contribution in [-0.2, 0) is 18.3 Å². The van der Waals surface area contributed by atoms with Gasteiger partial charge in [-0.3, -0.25) is 4.68 Å². The summed E-state index contributed by atoms with van der Waals surface area (Å²) in [4.78, 5) is 18.5. The quantitative estimate of drug-likeness (QED) is 0.138. The number of nitrogens with zero attached hydrogens (tertiary/aromatic N) is 4. The summed E-state index contributed by atoms with van der Waals surface area (Å²) in [5.41, 5.74) is 15.8. The zero-order valence-corrected chi connectivity index (χ0v) is 24.9. The van der Waals surface area contributed by atoms with Crippen LogP contribution in [0.3, 0.4) is 0 Å². The highest BCUT2D eigenvalue weighted by molar-refractivity contribution is 5.93. The highest BCUT2D eigenvalue weighted by Gasteiger charge is 2.38. The molecule has 3 aromatic carbocycles. The van der Waals surface area contributed by atoms with Crippen molar-refractivity contribution in [3.05, 3.63) is 95.2 Å². The molecule has 1 unspecified atom stereocenters. The molecule has 0 aliphatic rings. The van der Waals surface area contributed by atoms with Crippen molar-refractivity contribution >= 4 is 28.2 Å². The van der Waals surface area contributed by atoms with Crippen molar-refractivity contribution in [2.24, 2.45) is 7.05 Å². The number of benzene rings is 3. The number of hydrogen-bond donors (Lipinski definition) is 3. The number of carbonyl (C=O) groups is 1. The Morgan fingerprint density at radius 3 is 2.29 bits per heavy atom. The number of fused-ring (bicyclic) bond motifs is 1. The summed E-state index contributed by atoms with van der Waals surface area (Å²) in [6.45, 7) is 5.86. The topological polar surface area (TPSA) is 142 Å². The molecule has 2 heterocycles. The van der Waals surface area contributed by atoms with Gasteiger partial charge in [0.05, 0.1) is 17.7 Å². The van der Waals surface area contributed by atoms with E-state index >= 15 is 4.39 Å². The van der Waals surface area contributed by atoms with Crippen LogP contribution in [-0.4, -0.2) is 43.1 Å². The number of aliphatic carboxylic acids is 1. The largest absolute Gasteiger partial charge is 0.491 e. The smallest absolute Gasteiger partial charge is 0.490 e. The highest BCUT2D eigenvalue weighted by atomic mass is 19.4. The lowest BCUT2D eigenvalue weighted by Crippen LogP contribution is -2.21. The summed E-state index contributed by atoms with van der Waals surface area (Å²) < 4.78 is 55.3. The minimum atomic E-state index is -5.08. The summed E-state index contributed by atoms with van der Waals surface area (Å²) in [6, 6.07) is 20.3. The monoisotopic (exact) mass is 624 g/mol. The SMILES string of the molecule is CCc1cc(C(c2cc3cc(N)ccc3c(N)n2)c2nc(-c3ccccc3)nn2C)c(F)cc1OC(C)C.O=C(O)C(F)(F)F. The predicted molar refractivity (Wildman–Crippen MR) is 163 cm³/mol. The molecule has 0 saturated carbocycles. The summed E-state index contributed by atoms with van der Waals surface area (Å²) >= 11 is 0. The second kappa shape index (κ2) is 13.2. The number of nitrogen functional groups attached to an aromatic ring is 2. The summed E-state index contributed by atoms with van der Waals surface area (Å²) in [6.07, 6.45) is -4.50. The number of rotatable bonds is 7. The van der Waals surface area contributed by atoms with Gasteiger partial charge in [-0.1, -0.05) is 37.3 Å². The van der Waals surface area contributed by atoms with Gasteiger partial charge in [0, 0.05) is 35.3 Å². The number of carboxylic acid groups (broad SMARTS) is 1. The van der Waals surface area contributed by atoms with Gasteiger partial charge >= 0.3 is 12.1 Å². The molecule has 0 aliphatic carbocycles. The lowest BCUT2D eigenvalue weighted by Gasteiger charge is -2.21. The first kappa shape index (κ1) is 32.7. The molecule has 1 atom stereocenters. The Morgan fingerprint density at radius 2 is 1.69 bits per heavy atom. The molecular weight excluding hydrogens is 592 g/mol. The molecule has 2 aromatic heterocycles. The Balaban J connectivity index is 0.000000591. The van der Waals surface area contributed by atoms with Crippen molar-refractivity contribution in [1.29, 1.82) is 0 Å². The fourth-order valence-electron chi connectivity index (χ4n) is 4.74. The van der Waals surface area contributed by atoms with Crippen molar-refractivity contribution < 1.29 is 32.2 Å². The fraction of sp³-hybridized carbons (Fsp3) is 0.250. The lowest BCUT2D eigenvalue weighted by molar-refractivity contribution is -0.192. The molecule has 0 radical (unpaired) electrons. The van der Waals surface area contributed by atoms with Crippen LogP contribution in [0.15, 0.2) is 66.7 Å². The third kappa shape index (κ3) is 7.48. The molecule has 0 spiro atoms. The number of pyridine rings is 1. The van der Waals surface area contributed by atoms with E-state index in [1.807, 2.05) is 75.4 Å². The Morgan fingerprint density at radius 1 is 1.02 bits per heavy atom. The van der Waals surface area contributed by atoms with E-state index < -0.39 is 23.9 Å². The second-order valence-corrected chi connectivity index (χ2v) is 10.4. The van der Waals surface area contributed by atoms with Crippen LogP contribution >= 0.6 is 0 Å². The Bertz CT molecular complexity index is 1820. The van der Waals surface area contributed by atoms with Crippen LogP contribution in [0.1, 0.15) is 49.3 Å². The molecule has 0 amide bonds. The fourth-order valence-corrected chi connectivity index (χ4v) is 4.74. The number of nitrogens with two attached hydrogens (primary N) is 2. The average molecular weight is 625 g/mol. The van der Waals surface area contributed by atoms with Crippen molar-refractivity contribution in [1.82, 2.24) is 19.7 Å². The van der Waals surface area contributed by atoms with Crippen LogP contribution in [0.5, 0.6) is 5.75 Å². The lowest BCUT2D eigenvalue weighted by atomic mass is 9.90. The summed E-state index contributed by atoms with van der Waals surface area (Å²) in [5, 5.41) is 13.4. The van der Waals surface area contributed by atoms with E-state index in [9.17, 15) is 13.2 Å². The molecule has 5 aromatic rings. The standard InChI is InChI=1S/C30H31FN6O.C2HF3O2/c1-5-18-14-23(24(31)16-26(18)38-17(2)3)27(25-15-20-13-21(32)11-12-22(20)28(33)34-25)30-35-29(36-37(30)4)19-9-7-6-8-10-19;3-2(4,5)1(6)7/h6-17,27H,5,32H2,1-4H3,(H2,33,34);(H,6,7). The molecule has 45 heavy (non-hydrogen) atoms. The highest BCUT2D eigenvalue weighted by Crippen LogP contribution is 2.38. The van der Waals surface area contributed by atoms with Crippen molar-refractivity contribution in [2.45, 2.75) is 45.4 Å². The van der Waals surface area contributed by atoms with E-state index in [2.05, 4.69) is 5.10 Å². The normalized spacial score (nSPS) is 12.1. The average Bonchev–Trinajstić information content (AvgIpc) is 3.35. The third-order valence-electron chi connectivity index (χ3n) is 6.76. The van der Waals surface area contributed by atoms with Gasteiger partial charge in [-0.25, -0.2) is 19.2 Å². The maximum absolute atomic E-state index is 16.0.